The summed E-state index contributed by atoms with van der Waals surface area (Å²) in [5, 5.41) is 8.87. The topological polar surface area (TPSA) is 81.9 Å². The van der Waals surface area contributed by atoms with Crippen molar-refractivity contribution in [3.05, 3.63) is 36.9 Å². The Hall–Kier alpha value is -2.80. The van der Waals surface area contributed by atoms with Gasteiger partial charge in [-0.3, -0.25) is 14.5 Å². The summed E-state index contributed by atoms with van der Waals surface area (Å²) in [6, 6.07) is 3.82. The minimum atomic E-state index is -0.370. The number of hydrogen-bond donors (Lipinski definition) is 1. The van der Waals surface area contributed by atoms with Crippen LogP contribution in [-0.4, -0.2) is 38.4 Å². The summed E-state index contributed by atoms with van der Waals surface area (Å²) in [6.07, 6.45) is 8.48. The Morgan fingerprint density at radius 2 is 2.12 bits per heavy atom. The molecule has 1 N–H and O–H groups in total. The Kier molecular flexibility index (Phi) is 3.70. The van der Waals surface area contributed by atoms with Crippen molar-refractivity contribution in [3.63, 3.8) is 0 Å². The molecule has 1 aliphatic rings. The van der Waals surface area contributed by atoms with Crippen LogP contribution < -0.4 is 5.32 Å². The molecule has 1 fully saturated rings. The fourth-order valence-corrected chi connectivity index (χ4v) is 2.81. The molecule has 7 nitrogen and oxygen atoms in total. The van der Waals surface area contributed by atoms with Crippen molar-refractivity contribution in [1.82, 2.24) is 19.7 Å². The monoisotopic (exact) mass is 323 g/mol. The molecule has 0 saturated carbocycles. The van der Waals surface area contributed by atoms with Gasteiger partial charge in [-0.25, -0.2) is 4.98 Å². The molecule has 0 radical (unpaired) electrons. The van der Waals surface area contributed by atoms with Crippen LogP contribution in [0, 0.1) is 0 Å². The van der Waals surface area contributed by atoms with E-state index in [2.05, 4.69) is 20.4 Å². The number of aryl methyl sites for hydroxylation is 1. The van der Waals surface area contributed by atoms with Gasteiger partial charge >= 0.3 is 0 Å². The Morgan fingerprint density at radius 3 is 2.88 bits per heavy atom. The molecule has 3 aromatic rings. The van der Waals surface area contributed by atoms with E-state index in [0.29, 0.717) is 12.4 Å². The van der Waals surface area contributed by atoms with E-state index >= 15 is 0 Å². The largest absolute Gasteiger partial charge is 0.368 e. The molecule has 122 valence electrons. The van der Waals surface area contributed by atoms with Gasteiger partial charge in [0.2, 0.25) is 0 Å². The maximum Gasteiger partial charge on any atom is 0.254 e. The van der Waals surface area contributed by atoms with Gasteiger partial charge in [0.25, 0.3) is 5.91 Å². The first-order chi connectivity index (χ1) is 11.7. The maximum atomic E-state index is 12.1. The molecule has 7 heteroatoms. The van der Waals surface area contributed by atoms with E-state index in [-0.39, 0.29) is 12.0 Å². The van der Waals surface area contributed by atoms with Crippen LogP contribution in [0.3, 0.4) is 0 Å². The summed E-state index contributed by atoms with van der Waals surface area (Å²) in [5.41, 5.74) is 1.78. The summed E-state index contributed by atoms with van der Waals surface area (Å²) in [5.74, 6) is 0.382. The molecule has 4 heterocycles. The van der Waals surface area contributed by atoms with Crippen molar-refractivity contribution in [1.29, 1.82) is 0 Å². The average molecular weight is 323 g/mol. The van der Waals surface area contributed by atoms with E-state index in [1.165, 1.54) is 0 Å². The Bertz CT molecular complexity index is 899. The average Bonchev–Trinajstić information content (AvgIpc) is 3.25. The Morgan fingerprint density at radius 1 is 1.25 bits per heavy atom. The summed E-state index contributed by atoms with van der Waals surface area (Å²) in [4.78, 5) is 20.9. The number of nitrogens with one attached hydrogen (secondary N) is 1. The Labute approximate surface area is 138 Å². The van der Waals surface area contributed by atoms with E-state index in [4.69, 9.17) is 4.74 Å². The molecule has 4 rings (SSSR count). The zero-order valence-corrected chi connectivity index (χ0v) is 13.3. The highest BCUT2D eigenvalue weighted by Gasteiger charge is 2.23. The summed E-state index contributed by atoms with van der Waals surface area (Å²) < 4.78 is 7.13. The smallest absolute Gasteiger partial charge is 0.254 e. The first-order valence-corrected chi connectivity index (χ1v) is 7.86. The van der Waals surface area contributed by atoms with E-state index in [1.54, 1.807) is 23.3 Å². The van der Waals surface area contributed by atoms with Gasteiger partial charge in [-0.1, -0.05) is 0 Å². The van der Waals surface area contributed by atoms with E-state index < -0.39 is 0 Å². The van der Waals surface area contributed by atoms with E-state index in [1.807, 2.05) is 25.4 Å². The van der Waals surface area contributed by atoms with Crippen LogP contribution in [0.15, 0.2) is 36.9 Å². The lowest BCUT2D eigenvalue weighted by Gasteiger charge is -2.10. The SMILES string of the molecule is Cn1cc(-c2cc3cc(NC(=O)C4CCCO4)ncc3cn2)cn1. The zero-order valence-electron chi connectivity index (χ0n) is 13.3. The minimum absolute atomic E-state index is 0.138. The molecule has 3 aromatic heterocycles. The highest BCUT2D eigenvalue weighted by Crippen LogP contribution is 2.23. The number of hydrogen-bond acceptors (Lipinski definition) is 5. The van der Waals surface area contributed by atoms with Crippen LogP contribution in [0.2, 0.25) is 0 Å². The van der Waals surface area contributed by atoms with Crippen molar-refractivity contribution in [2.75, 3.05) is 11.9 Å². The van der Waals surface area contributed by atoms with Crippen molar-refractivity contribution in [3.8, 4) is 11.3 Å². The van der Waals surface area contributed by atoms with E-state index in [0.717, 1.165) is 34.9 Å². The van der Waals surface area contributed by atoms with Gasteiger partial charge in [-0.05, 0) is 30.4 Å². The molecule has 1 atom stereocenters. The number of anilines is 1. The van der Waals surface area contributed by atoms with Crippen LogP contribution in [-0.2, 0) is 16.6 Å². The highest BCUT2D eigenvalue weighted by molar-refractivity contribution is 5.95. The predicted octanol–water partition coefficient (Wildman–Crippen LogP) is 2.15. The fourth-order valence-electron chi connectivity index (χ4n) is 2.81. The minimum Gasteiger partial charge on any atom is -0.368 e. The molecule has 24 heavy (non-hydrogen) atoms. The number of ether oxygens (including phenoxy) is 1. The molecule has 0 aliphatic carbocycles. The quantitative estimate of drug-likeness (QED) is 0.798. The van der Waals surface area contributed by atoms with Gasteiger partial charge < -0.3 is 10.1 Å². The van der Waals surface area contributed by atoms with Gasteiger partial charge in [0, 0.05) is 43.2 Å². The first kappa shape index (κ1) is 14.8. The van der Waals surface area contributed by atoms with Gasteiger partial charge in [0.1, 0.15) is 11.9 Å². The van der Waals surface area contributed by atoms with Gasteiger partial charge in [0.15, 0.2) is 0 Å². The van der Waals surface area contributed by atoms with Crippen LogP contribution in [0.4, 0.5) is 5.82 Å². The van der Waals surface area contributed by atoms with Gasteiger partial charge in [-0.15, -0.1) is 0 Å². The summed E-state index contributed by atoms with van der Waals surface area (Å²) in [6.45, 7) is 0.642. The third-order valence-corrected chi connectivity index (χ3v) is 4.08. The number of aromatic nitrogens is 4. The number of carbonyl (C=O) groups is 1. The Balaban J connectivity index is 1.62. The molecule has 0 spiro atoms. The van der Waals surface area contributed by atoms with Crippen LogP contribution in [0.1, 0.15) is 12.8 Å². The fraction of sp³-hybridized carbons (Fsp3) is 0.294. The van der Waals surface area contributed by atoms with Crippen LogP contribution >= 0.6 is 0 Å². The van der Waals surface area contributed by atoms with Crippen molar-refractivity contribution in [2.45, 2.75) is 18.9 Å². The number of nitrogens with zero attached hydrogens (tertiary/aromatic N) is 4. The molecule has 1 aliphatic heterocycles. The molecular formula is C17H17N5O2. The molecule has 1 unspecified atom stereocenters. The number of fused-ring (bicyclic) bond motifs is 1. The van der Waals surface area contributed by atoms with Crippen LogP contribution in [0.5, 0.6) is 0 Å². The third kappa shape index (κ3) is 2.85. The molecule has 0 aromatic carbocycles. The zero-order chi connectivity index (χ0) is 16.5. The third-order valence-electron chi connectivity index (χ3n) is 4.08. The first-order valence-electron chi connectivity index (χ1n) is 7.86. The second-order valence-corrected chi connectivity index (χ2v) is 5.88. The number of pyridine rings is 2. The number of carbonyl (C=O) groups excluding carboxylic acids is 1. The van der Waals surface area contributed by atoms with Crippen LogP contribution in [0.25, 0.3) is 22.0 Å². The maximum absolute atomic E-state index is 12.1. The molecule has 1 amide bonds. The van der Waals surface area contributed by atoms with Gasteiger partial charge in [0.05, 0.1) is 11.9 Å². The van der Waals surface area contributed by atoms with Crippen molar-refractivity contribution >= 4 is 22.5 Å². The molecule has 0 bridgehead atoms. The van der Waals surface area contributed by atoms with E-state index in [9.17, 15) is 4.79 Å². The lowest BCUT2D eigenvalue weighted by molar-refractivity contribution is -0.124. The number of amides is 1. The second kappa shape index (κ2) is 6.01. The lowest BCUT2D eigenvalue weighted by Crippen LogP contribution is -2.27. The standard InChI is InChI=1S/C17H17N5O2/c1-22-10-13(9-20-22)14-5-11-6-16(19-8-12(11)7-18-14)21-17(23)15-3-2-4-24-15/h5-10,15H,2-4H2,1H3,(H,19,21,23). The summed E-state index contributed by atoms with van der Waals surface area (Å²) >= 11 is 0. The second-order valence-electron chi connectivity index (χ2n) is 5.88. The highest BCUT2D eigenvalue weighted by atomic mass is 16.5. The van der Waals surface area contributed by atoms with Crippen molar-refractivity contribution < 1.29 is 9.53 Å². The normalized spacial score (nSPS) is 17.3. The number of rotatable bonds is 3. The van der Waals surface area contributed by atoms with Gasteiger partial charge in [-0.2, -0.15) is 5.10 Å². The molecular weight excluding hydrogens is 306 g/mol. The van der Waals surface area contributed by atoms with Crippen molar-refractivity contribution in [2.24, 2.45) is 7.05 Å². The molecule has 1 saturated heterocycles. The predicted molar refractivity (Wildman–Crippen MR) is 89.3 cm³/mol. The summed E-state index contributed by atoms with van der Waals surface area (Å²) in [7, 11) is 1.87. The lowest BCUT2D eigenvalue weighted by atomic mass is 10.1.